The topological polar surface area (TPSA) is 49.3 Å². The van der Waals surface area contributed by atoms with E-state index in [0.29, 0.717) is 6.42 Å². The van der Waals surface area contributed by atoms with Gasteiger partial charge in [-0.25, -0.2) is 4.39 Å². The molecule has 2 atom stereocenters. The second-order valence-electron chi connectivity index (χ2n) is 5.23. The Balaban J connectivity index is 1.75. The first-order valence-corrected chi connectivity index (χ1v) is 6.86. The SMILES string of the molecule is O=C(O)C1CCCC(NCCc2cccc(F)c2)C1. The third-order valence-corrected chi connectivity index (χ3v) is 3.76. The highest BCUT2D eigenvalue weighted by atomic mass is 19.1. The minimum absolute atomic E-state index is 0.207. The van der Waals surface area contributed by atoms with Gasteiger partial charge in [0.2, 0.25) is 0 Å². The Morgan fingerprint density at radius 2 is 2.26 bits per heavy atom. The Labute approximate surface area is 112 Å². The van der Waals surface area contributed by atoms with Crippen molar-refractivity contribution in [1.29, 1.82) is 0 Å². The lowest BCUT2D eigenvalue weighted by atomic mass is 9.86. The van der Waals surface area contributed by atoms with E-state index in [1.807, 2.05) is 6.07 Å². The summed E-state index contributed by atoms with van der Waals surface area (Å²) in [5, 5.41) is 12.4. The third-order valence-electron chi connectivity index (χ3n) is 3.76. The summed E-state index contributed by atoms with van der Waals surface area (Å²) < 4.78 is 13.0. The maximum atomic E-state index is 13.0. The number of aliphatic carboxylic acids is 1. The molecule has 1 fully saturated rings. The number of carbonyl (C=O) groups is 1. The van der Waals surface area contributed by atoms with Crippen LogP contribution in [0.5, 0.6) is 0 Å². The predicted octanol–water partition coefficient (Wildman–Crippen LogP) is 2.60. The number of carboxylic acids is 1. The smallest absolute Gasteiger partial charge is 0.306 e. The molecule has 0 heterocycles. The van der Waals surface area contributed by atoms with Gasteiger partial charge in [0.25, 0.3) is 0 Å². The fourth-order valence-electron chi connectivity index (χ4n) is 2.71. The summed E-state index contributed by atoms with van der Waals surface area (Å²) in [6, 6.07) is 6.89. The van der Waals surface area contributed by atoms with Crippen molar-refractivity contribution in [2.75, 3.05) is 6.54 Å². The zero-order chi connectivity index (χ0) is 13.7. The van der Waals surface area contributed by atoms with Gasteiger partial charge in [0.15, 0.2) is 0 Å². The second-order valence-corrected chi connectivity index (χ2v) is 5.23. The molecule has 1 aliphatic rings. The molecule has 4 heteroatoms. The molecule has 2 rings (SSSR count). The summed E-state index contributed by atoms with van der Waals surface area (Å²) in [6.07, 6.45) is 4.27. The summed E-state index contributed by atoms with van der Waals surface area (Å²) in [5.74, 6) is -1.10. The van der Waals surface area contributed by atoms with Crippen molar-refractivity contribution in [1.82, 2.24) is 5.32 Å². The molecular weight excluding hydrogens is 245 g/mol. The van der Waals surface area contributed by atoms with Crippen LogP contribution >= 0.6 is 0 Å². The van der Waals surface area contributed by atoms with E-state index in [1.165, 1.54) is 6.07 Å². The number of halogens is 1. The highest BCUT2D eigenvalue weighted by Crippen LogP contribution is 2.24. The maximum Gasteiger partial charge on any atom is 0.306 e. The average Bonchev–Trinajstić information content (AvgIpc) is 2.39. The molecule has 1 aliphatic carbocycles. The van der Waals surface area contributed by atoms with Gasteiger partial charge in [-0.2, -0.15) is 0 Å². The van der Waals surface area contributed by atoms with Crippen molar-refractivity contribution in [3.63, 3.8) is 0 Å². The number of rotatable bonds is 5. The Morgan fingerprint density at radius 1 is 1.42 bits per heavy atom. The molecule has 3 nitrogen and oxygen atoms in total. The number of carboxylic acid groups (broad SMARTS) is 1. The zero-order valence-corrected chi connectivity index (χ0v) is 10.9. The lowest BCUT2D eigenvalue weighted by Crippen LogP contribution is -2.37. The van der Waals surface area contributed by atoms with Gasteiger partial charge in [0.1, 0.15) is 5.82 Å². The van der Waals surface area contributed by atoms with Crippen molar-refractivity contribution >= 4 is 5.97 Å². The fraction of sp³-hybridized carbons (Fsp3) is 0.533. The van der Waals surface area contributed by atoms with E-state index in [-0.39, 0.29) is 17.8 Å². The van der Waals surface area contributed by atoms with Crippen LogP contribution in [-0.2, 0) is 11.2 Å². The third kappa shape index (κ3) is 4.31. The van der Waals surface area contributed by atoms with Crippen molar-refractivity contribution < 1.29 is 14.3 Å². The van der Waals surface area contributed by atoms with Crippen LogP contribution in [0, 0.1) is 11.7 Å². The van der Waals surface area contributed by atoms with Gasteiger partial charge < -0.3 is 10.4 Å². The Bertz CT molecular complexity index is 436. The summed E-state index contributed by atoms with van der Waals surface area (Å²) in [5.41, 5.74) is 0.970. The van der Waals surface area contributed by atoms with E-state index in [9.17, 15) is 9.18 Å². The molecule has 1 aromatic rings. The van der Waals surface area contributed by atoms with E-state index in [0.717, 1.165) is 37.8 Å². The lowest BCUT2D eigenvalue weighted by Gasteiger charge is -2.27. The molecule has 104 valence electrons. The van der Waals surface area contributed by atoms with Crippen LogP contribution in [0.3, 0.4) is 0 Å². The van der Waals surface area contributed by atoms with Crippen LogP contribution in [0.4, 0.5) is 4.39 Å². The average molecular weight is 265 g/mol. The van der Waals surface area contributed by atoms with Crippen molar-refractivity contribution in [3.8, 4) is 0 Å². The maximum absolute atomic E-state index is 13.0. The minimum atomic E-state index is -0.684. The van der Waals surface area contributed by atoms with Gasteiger partial charge in [-0.15, -0.1) is 0 Å². The normalized spacial score (nSPS) is 23.2. The van der Waals surface area contributed by atoms with E-state index in [2.05, 4.69) is 5.32 Å². The van der Waals surface area contributed by atoms with Gasteiger partial charge in [0, 0.05) is 6.04 Å². The molecular formula is C15H20FNO2. The van der Waals surface area contributed by atoms with Crippen LogP contribution in [0.15, 0.2) is 24.3 Å². The lowest BCUT2D eigenvalue weighted by molar-refractivity contribution is -0.143. The number of benzene rings is 1. The first-order chi connectivity index (χ1) is 9.15. The molecule has 1 saturated carbocycles. The van der Waals surface area contributed by atoms with Gasteiger partial charge in [-0.1, -0.05) is 18.6 Å². The summed E-state index contributed by atoms with van der Waals surface area (Å²) in [4.78, 5) is 11.0. The van der Waals surface area contributed by atoms with Crippen molar-refractivity contribution in [2.45, 2.75) is 38.1 Å². The van der Waals surface area contributed by atoms with Crippen LogP contribution in [0.2, 0.25) is 0 Å². The van der Waals surface area contributed by atoms with Crippen molar-refractivity contribution in [2.24, 2.45) is 5.92 Å². The summed E-state index contributed by atoms with van der Waals surface area (Å²) in [6.45, 7) is 0.764. The quantitative estimate of drug-likeness (QED) is 0.860. The molecule has 0 aromatic heterocycles. The van der Waals surface area contributed by atoms with E-state index in [1.54, 1.807) is 12.1 Å². The number of nitrogens with one attached hydrogen (secondary N) is 1. The largest absolute Gasteiger partial charge is 0.481 e. The molecule has 0 spiro atoms. The highest BCUT2D eigenvalue weighted by molar-refractivity contribution is 5.70. The van der Waals surface area contributed by atoms with Crippen LogP contribution in [-0.4, -0.2) is 23.7 Å². The van der Waals surface area contributed by atoms with Crippen LogP contribution in [0.25, 0.3) is 0 Å². The summed E-state index contributed by atoms with van der Waals surface area (Å²) >= 11 is 0. The molecule has 2 unspecified atom stereocenters. The van der Waals surface area contributed by atoms with E-state index < -0.39 is 5.97 Å². The molecule has 0 amide bonds. The number of hydrogen-bond acceptors (Lipinski definition) is 2. The van der Waals surface area contributed by atoms with Crippen molar-refractivity contribution in [3.05, 3.63) is 35.6 Å². The highest BCUT2D eigenvalue weighted by Gasteiger charge is 2.26. The minimum Gasteiger partial charge on any atom is -0.481 e. The molecule has 2 N–H and O–H groups in total. The standard InChI is InChI=1S/C15H20FNO2/c16-13-5-1-3-11(9-13)7-8-17-14-6-2-4-12(10-14)15(18)19/h1,3,5,9,12,14,17H,2,4,6-8,10H2,(H,18,19). The molecule has 0 radical (unpaired) electrons. The molecule has 1 aromatic carbocycles. The molecule has 0 bridgehead atoms. The van der Waals surface area contributed by atoms with Gasteiger partial charge in [-0.3, -0.25) is 4.79 Å². The van der Waals surface area contributed by atoms with Crippen LogP contribution < -0.4 is 5.32 Å². The fourth-order valence-corrected chi connectivity index (χ4v) is 2.71. The first kappa shape index (κ1) is 14.0. The Hall–Kier alpha value is -1.42. The van der Waals surface area contributed by atoms with Gasteiger partial charge in [-0.05, 0) is 49.9 Å². The van der Waals surface area contributed by atoms with E-state index in [4.69, 9.17) is 5.11 Å². The van der Waals surface area contributed by atoms with Gasteiger partial charge >= 0.3 is 5.97 Å². The van der Waals surface area contributed by atoms with Crippen LogP contribution in [0.1, 0.15) is 31.2 Å². The summed E-state index contributed by atoms with van der Waals surface area (Å²) in [7, 11) is 0. The van der Waals surface area contributed by atoms with E-state index >= 15 is 0 Å². The van der Waals surface area contributed by atoms with Gasteiger partial charge in [0.05, 0.1) is 5.92 Å². The first-order valence-electron chi connectivity index (χ1n) is 6.86. The number of hydrogen-bond donors (Lipinski definition) is 2. The second kappa shape index (κ2) is 6.66. The zero-order valence-electron chi connectivity index (χ0n) is 10.9. The predicted molar refractivity (Wildman–Crippen MR) is 71.5 cm³/mol. The molecule has 0 saturated heterocycles. The Morgan fingerprint density at radius 3 is 3.00 bits per heavy atom. The Kier molecular flexibility index (Phi) is 4.91. The monoisotopic (exact) mass is 265 g/mol. The molecule has 19 heavy (non-hydrogen) atoms. The molecule has 0 aliphatic heterocycles.